The number of amides is 1. The van der Waals surface area contributed by atoms with E-state index in [2.05, 4.69) is 10.6 Å². The van der Waals surface area contributed by atoms with Gasteiger partial charge in [-0.2, -0.15) is 0 Å². The van der Waals surface area contributed by atoms with Crippen molar-refractivity contribution in [2.24, 2.45) is 11.8 Å². The lowest BCUT2D eigenvalue weighted by Gasteiger charge is -2.23. The predicted octanol–water partition coefficient (Wildman–Crippen LogP) is -0.0346. The molecule has 0 radical (unpaired) electrons. The number of carboxylic acid groups (broad SMARTS) is 1. The number of aliphatic carboxylic acids is 1. The fourth-order valence-electron chi connectivity index (χ4n) is 2.16. The number of rotatable bonds is 4. The normalized spacial score (nSPS) is 27.1. The minimum absolute atomic E-state index is 0.0608. The molecule has 2 aliphatic rings. The summed E-state index contributed by atoms with van der Waals surface area (Å²) in [5.41, 5.74) is 0. The summed E-state index contributed by atoms with van der Waals surface area (Å²) in [4.78, 5) is 22.8. The van der Waals surface area contributed by atoms with Gasteiger partial charge in [-0.3, -0.25) is 4.79 Å². The lowest BCUT2D eigenvalue weighted by atomic mass is 9.98. The SMILES string of the molecule is O=C(NC(C(=O)O)C1CC1)C1CCCNC1. The minimum atomic E-state index is -0.903. The molecule has 0 spiro atoms. The Morgan fingerprint density at radius 2 is 2.06 bits per heavy atom. The number of carboxylic acids is 1. The molecule has 1 saturated heterocycles. The summed E-state index contributed by atoms with van der Waals surface area (Å²) in [6.45, 7) is 1.62. The van der Waals surface area contributed by atoms with Gasteiger partial charge in [-0.1, -0.05) is 0 Å². The molecular formula is C11H18N2O3. The van der Waals surface area contributed by atoms with E-state index in [1.54, 1.807) is 0 Å². The van der Waals surface area contributed by atoms with Gasteiger partial charge in [0.1, 0.15) is 6.04 Å². The Hall–Kier alpha value is -1.10. The first-order valence-corrected chi connectivity index (χ1v) is 5.92. The van der Waals surface area contributed by atoms with Crippen LogP contribution >= 0.6 is 0 Å². The number of nitrogens with one attached hydrogen (secondary N) is 2. The van der Waals surface area contributed by atoms with Crippen molar-refractivity contribution in [3.05, 3.63) is 0 Å². The molecule has 2 fully saturated rings. The van der Waals surface area contributed by atoms with Crippen molar-refractivity contribution in [3.8, 4) is 0 Å². The Bertz CT molecular complexity index is 283. The topological polar surface area (TPSA) is 78.4 Å². The quantitative estimate of drug-likeness (QED) is 0.629. The maximum absolute atomic E-state index is 11.8. The molecule has 5 heteroatoms. The summed E-state index contributed by atoms with van der Waals surface area (Å²) in [5.74, 6) is -0.918. The first-order chi connectivity index (χ1) is 7.68. The van der Waals surface area contributed by atoms with Gasteiger partial charge >= 0.3 is 5.97 Å². The van der Waals surface area contributed by atoms with Crippen LogP contribution in [0.5, 0.6) is 0 Å². The largest absolute Gasteiger partial charge is 0.480 e. The zero-order chi connectivity index (χ0) is 11.5. The van der Waals surface area contributed by atoms with Crippen molar-refractivity contribution < 1.29 is 14.7 Å². The summed E-state index contributed by atoms with van der Waals surface area (Å²) < 4.78 is 0. The lowest BCUT2D eigenvalue weighted by molar-refractivity contribution is -0.143. The number of hydrogen-bond donors (Lipinski definition) is 3. The van der Waals surface area contributed by atoms with E-state index in [4.69, 9.17) is 5.11 Å². The van der Waals surface area contributed by atoms with E-state index in [0.29, 0.717) is 6.54 Å². The van der Waals surface area contributed by atoms with Crippen molar-refractivity contribution in [2.45, 2.75) is 31.7 Å². The van der Waals surface area contributed by atoms with Crippen LogP contribution in [0.1, 0.15) is 25.7 Å². The Morgan fingerprint density at radius 1 is 1.31 bits per heavy atom. The van der Waals surface area contributed by atoms with Crippen molar-refractivity contribution in [3.63, 3.8) is 0 Å². The second-order valence-corrected chi connectivity index (χ2v) is 4.71. The third-order valence-electron chi connectivity index (χ3n) is 3.32. The average molecular weight is 226 g/mol. The van der Waals surface area contributed by atoms with Crippen LogP contribution in [-0.2, 0) is 9.59 Å². The molecule has 0 bridgehead atoms. The van der Waals surface area contributed by atoms with Gasteiger partial charge in [-0.15, -0.1) is 0 Å². The third kappa shape index (κ3) is 2.72. The smallest absolute Gasteiger partial charge is 0.326 e. The second-order valence-electron chi connectivity index (χ2n) is 4.71. The molecule has 0 aromatic carbocycles. The van der Waals surface area contributed by atoms with Crippen LogP contribution in [0.4, 0.5) is 0 Å². The molecular weight excluding hydrogens is 208 g/mol. The molecule has 1 heterocycles. The number of carbonyl (C=O) groups excluding carboxylic acids is 1. The first kappa shape index (κ1) is 11.4. The maximum atomic E-state index is 11.8. The van der Waals surface area contributed by atoms with E-state index in [0.717, 1.165) is 32.2 Å². The monoisotopic (exact) mass is 226 g/mol. The minimum Gasteiger partial charge on any atom is -0.480 e. The van der Waals surface area contributed by atoms with Crippen molar-refractivity contribution in [2.75, 3.05) is 13.1 Å². The number of piperidine rings is 1. The lowest BCUT2D eigenvalue weighted by Crippen LogP contribution is -2.48. The standard InChI is InChI=1S/C11H18N2O3/c14-10(8-2-1-5-12-6-8)13-9(11(15)16)7-3-4-7/h7-9,12H,1-6H2,(H,13,14)(H,15,16). The average Bonchev–Trinajstić information content (AvgIpc) is 3.10. The van der Waals surface area contributed by atoms with Gasteiger partial charge in [0, 0.05) is 6.54 Å². The van der Waals surface area contributed by atoms with Crippen LogP contribution < -0.4 is 10.6 Å². The van der Waals surface area contributed by atoms with Gasteiger partial charge in [0.05, 0.1) is 5.92 Å². The van der Waals surface area contributed by atoms with Gasteiger partial charge in [0.25, 0.3) is 0 Å². The fraction of sp³-hybridized carbons (Fsp3) is 0.818. The molecule has 2 rings (SSSR count). The molecule has 90 valence electrons. The van der Waals surface area contributed by atoms with Crippen LogP contribution in [0.25, 0.3) is 0 Å². The Labute approximate surface area is 94.6 Å². The molecule has 1 saturated carbocycles. The molecule has 16 heavy (non-hydrogen) atoms. The van der Waals surface area contributed by atoms with E-state index in [9.17, 15) is 9.59 Å². The van der Waals surface area contributed by atoms with Crippen LogP contribution in [-0.4, -0.2) is 36.1 Å². The molecule has 0 aromatic rings. The fourth-order valence-corrected chi connectivity index (χ4v) is 2.16. The summed E-state index contributed by atoms with van der Waals surface area (Å²) in [7, 11) is 0. The number of carbonyl (C=O) groups is 2. The highest BCUT2D eigenvalue weighted by Gasteiger charge is 2.38. The summed E-state index contributed by atoms with van der Waals surface area (Å²) in [6, 6.07) is -0.672. The van der Waals surface area contributed by atoms with E-state index < -0.39 is 12.0 Å². The second kappa shape index (κ2) is 4.82. The van der Waals surface area contributed by atoms with E-state index in [-0.39, 0.29) is 17.7 Å². The van der Waals surface area contributed by atoms with Gasteiger partial charge in [-0.05, 0) is 38.1 Å². The summed E-state index contributed by atoms with van der Waals surface area (Å²) >= 11 is 0. The molecule has 1 aliphatic carbocycles. The van der Waals surface area contributed by atoms with Crippen LogP contribution in [0.15, 0.2) is 0 Å². The highest BCUT2D eigenvalue weighted by atomic mass is 16.4. The zero-order valence-corrected chi connectivity index (χ0v) is 9.24. The zero-order valence-electron chi connectivity index (χ0n) is 9.24. The molecule has 0 aromatic heterocycles. The Morgan fingerprint density at radius 3 is 2.56 bits per heavy atom. The van der Waals surface area contributed by atoms with Crippen LogP contribution in [0, 0.1) is 11.8 Å². The molecule has 5 nitrogen and oxygen atoms in total. The van der Waals surface area contributed by atoms with Crippen molar-refractivity contribution in [1.29, 1.82) is 0 Å². The van der Waals surface area contributed by atoms with Gasteiger partial charge < -0.3 is 15.7 Å². The molecule has 2 unspecified atom stereocenters. The molecule has 1 aliphatic heterocycles. The highest BCUT2D eigenvalue weighted by Crippen LogP contribution is 2.33. The highest BCUT2D eigenvalue weighted by molar-refractivity contribution is 5.85. The van der Waals surface area contributed by atoms with Crippen LogP contribution in [0.3, 0.4) is 0 Å². The summed E-state index contributed by atoms with van der Waals surface area (Å²) in [5, 5.41) is 14.8. The van der Waals surface area contributed by atoms with Gasteiger partial charge in [0.2, 0.25) is 5.91 Å². The summed E-state index contributed by atoms with van der Waals surface area (Å²) in [6.07, 6.45) is 3.68. The third-order valence-corrected chi connectivity index (χ3v) is 3.32. The van der Waals surface area contributed by atoms with E-state index >= 15 is 0 Å². The predicted molar refractivity (Wildman–Crippen MR) is 57.9 cm³/mol. The number of hydrogen-bond acceptors (Lipinski definition) is 3. The molecule has 3 N–H and O–H groups in total. The van der Waals surface area contributed by atoms with E-state index in [1.807, 2.05) is 0 Å². The maximum Gasteiger partial charge on any atom is 0.326 e. The first-order valence-electron chi connectivity index (χ1n) is 5.92. The van der Waals surface area contributed by atoms with E-state index in [1.165, 1.54) is 0 Å². The molecule has 1 amide bonds. The van der Waals surface area contributed by atoms with Crippen LogP contribution in [0.2, 0.25) is 0 Å². The van der Waals surface area contributed by atoms with Crippen molar-refractivity contribution in [1.82, 2.24) is 10.6 Å². The van der Waals surface area contributed by atoms with Gasteiger partial charge in [0.15, 0.2) is 0 Å². The van der Waals surface area contributed by atoms with Crippen molar-refractivity contribution >= 4 is 11.9 Å². The van der Waals surface area contributed by atoms with Gasteiger partial charge in [-0.25, -0.2) is 4.79 Å². The Balaban J connectivity index is 1.86. The molecule has 2 atom stereocenters. The Kier molecular flexibility index (Phi) is 3.43.